The Hall–Kier alpha value is -1.12. The van der Waals surface area contributed by atoms with Crippen LogP contribution in [-0.2, 0) is 14.3 Å². The number of rotatable bonds is 5. The zero-order chi connectivity index (χ0) is 12.7. The number of carbonyl (C=O) groups excluding carboxylic acids is 2. The quantitative estimate of drug-likeness (QED) is 0.419. The van der Waals surface area contributed by atoms with Gasteiger partial charge >= 0.3 is 5.97 Å². The van der Waals surface area contributed by atoms with Gasteiger partial charge in [-0.05, 0) is 31.3 Å². The maximum absolute atomic E-state index is 11.7. The molecule has 0 bridgehead atoms. The summed E-state index contributed by atoms with van der Waals surface area (Å²) in [6, 6.07) is 0. The van der Waals surface area contributed by atoms with Crippen molar-refractivity contribution in [1.29, 1.82) is 0 Å². The summed E-state index contributed by atoms with van der Waals surface area (Å²) < 4.78 is 4.84. The molecule has 0 amide bonds. The van der Waals surface area contributed by atoms with Crippen molar-refractivity contribution in [2.75, 3.05) is 0 Å². The van der Waals surface area contributed by atoms with E-state index in [1.54, 1.807) is 6.08 Å². The van der Waals surface area contributed by atoms with Crippen molar-refractivity contribution in [3.05, 3.63) is 12.3 Å². The summed E-state index contributed by atoms with van der Waals surface area (Å²) in [7, 11) is 0. The number of carbonyl (C=O) groups is 2. The summed E-state index contributed by atoms with van der Waals surface area (Å²) in [6.45, 7) is 4.17. The minimum atomic E-state index is -0.697. The summed E-state index contributed by atoms with van der Waals surface area (Å²) in [4.78, 5) is 23.2. The maximum Gasteiger partial charge on any atom is 0.379 e. The summed E-state index contributed by atoms with van der Waals surface area (Å²) in [5.41, 5.74) is 0. The molecule has 1 saturated carbocycles. The lowest BCUT2D eigenvalue weighted by Crippen LogP contribution is -2.26. The van der Waals surface area contributed by atoms with Gasteiger partial charge in [0, 0.05) is 5.92 Å². The normalized spacial score (nSPS) is 17.6. The molecule has 3 heteroatoms. The van der Waals surface area contributed by atoms with Gasteiger partial charge in [0.2, 0.25) is 5.78 Å². The molecule has 0 heterocycles. The van der Waals surface area contributed by atoms with Gasteiger partial charge in [0.25, 0.3) is 0 Å². The number of ether oxygens (including phenoxy) is 1. The molecule has 1 aliphatic carbocycles. The zero-order valence-electron chi connectivity index (χ0n) is 10.8. The summed E-state index contributed by atoms with van der Waals surface area (Å²) in [6.07, 6.45) is 8.94. The molecule has 96 valence electrons. The standard InChI is InChI=1S/C14H22O3/c1-11(2)7-6-10-17-14(16)13(15)12-8-4-3-5-9-12/h6,10-12H,3-5,7-9H2,1-2H3. The smallest absolute Gasteiger partial charge is 0.379 e. The molecule has 0 aromatic heterocycles. The lowest BCUT2D eigenvalue weighted by molar-refractivity contribution is -0.152. The molecule has 0 spiro atoms. The molecule has 0 aromatic rings. The monoisotopic (exact) mass is 238 g/mol. The molecule has 0 aliphatic heterocycles. The first-order valence-corrected chi connectivity index (χ1v) is 6.51. The van der Waals surface area contributed by atoms with Crippen LogP contribution in [0.25, 0.3) is 0 Å². The lowest BCUT2D eigenvalue weighted by atomic mass is 9.86. The van der Waals surface area contributed by atoms with E-state index >= 15 is 0 Å². The molecule has 17 heavy (non-hydrogen) atoms. The average molecular weight is 238 g/mol. The Morgan fingerprint density at radius 1 is 1.24 bits per heavy atom. The predicted molar refractivity (Wildman–Crippen MR) is 66.3 cm³/mol. The molecule has 0 unspecified atom stereocenters. The van der Waals surface area contributed by atoms with Crippen LogP contribution in [0.5, 0.6) is 0 Å². The fraction of sp³-hybridized carbons (Fsp3) is 0.714. The Labute approximate surface area is 103 Å². The first-order valence-electron chi connectivity index (χ1n) is 6.51. The molecule has 0 N–H and O–H groups in total. The zero-order valence-corrected chi connectivity index (χ0v) is 10.8. The van der Waals surface area contributed by atoms with Crippen molar-refractivity contribution in [3.8, 4) is 0 Å². The third kappa shape index (κ3) is 5.16. The van der Waals surface area contributed by atoms with Crippen LogP contribution >= 0.6 is 0 Å². The highest BCUT2D eigenvalue weighted by atomic mass is 16.5. The van der Waals surface area contributed by atoms with E-state index in [1.165, 1.54) is 12.7 Å². The van der Waals surface area contributed by atoms with Gasteiger partial charge in [-0.1, -0.05) is 33.1 Å². The van der Waals surface area contributed by atoms with Crippen molar-refractivity contribution in [1.82, 2.24) is 0 Å². The maximum atomic E-state index is 11.7. The summed E-state index contributed by atoms with van der Waals surface area (Å²) in [5.74, 6) is -0.621. The molecule has 0 atom stereocenters. The molecule has 1 rings (SSSR count). The highest BCUT2D eigenvalue weighted by Gasteiger charge is 2.27. The number of allylic oxidation sites excluding steroid dienone is 1. The Kier molecular flexibility index (Phi) is 5.95. The van der Waals surface area contributed by atoms with Crippen LogP contribution in [0.4, 0.5) is 0 Å². The van der Waals surface area contributed by atoms with Crippen molar-refractivity contribution in [2.45, 2.75) is 52.4 Å². The van der Waals surface area contributed by atoms with E-state index in [9.17, 15) is 9.59 Å². The van der Waals surface area contributed by atoms with Crippen molar-refractivity contribution < 1.29 is 14.3 Å². The molecule has 0 saturated heterocycles. The Balaban J connectivity index is 2.31. The first kappa shape index (κ1) is 13.9. The second-order valence-electron chi connectivity index (χ2n) is 5.11. The minimum Gasteiger partial charge on any atom is -0.429 e. The van der Waals surface area contributed by atoms with Crippen molar-refractivity contribution in [2.24, 2.45) is 11.8 Å². The molecule has 0 aromatic carbocycles. The van der Waals surface area contributed by atoms with Crippen molar-refractivity contribution in [3.63, 3.8) is 0 Å². The van der Waals surface area contributed by atoms with Crippen LogP contribution in [0.15, 0.2) is 12.3 Å². The van der Waals surface area contributed by atoms with Gasteiger partial charge in [-0.15, -0.1) is 0 Å². The predicted octanol–water partition coefficient (Wildman–Crippen LogP) is 3.24. The van der Waals surface area contributed by atoms with E-state index in [0.29, 0.717) is 5.92 Å². The fourth-order valence-electron chi connectivity index (χ4n) is 2.03. The molecule has 3 nitrogen and oxygen atoms in total. The Bertz CT molecular complexity index is 286. The third-order valence-electron chi connectivity index (χ3n) is 3.06. The van der Waals surface area contributed by atoms with Crippen LogP contribution in [0, 0.1) is 11.8 Å². The molecular formula is C14H22O3. The third-order valence-corrected chi connectivity index (χ3v) is 3.06. The highest BCUT2D eigenvalue weighted by Crippen LogP contribution is 2.24. The van der Waals surface area contributed by atoms with Crippen molar-refractivity contribution >= 4 is 11.8 Å². The van der Waals surface area contributed by atoms with Gasteiger partial charge in [-0.25, -0.2) is 4.79 Å². The van der Waals surface area contributed by atoms with E-state index in [0.717, 1.165) is 32.1 Å². The van der Waals surface area contributed by atoms with E-state index in [2.05, 4.69) is 13.8 Å². The van der Waals surface area contributed by atoms with Gasteiger partial charge in [-0.3, -0.25) is 4.79 Å². The number of esters is 1. The second kappa shape index (κ2) is 7.25. The topological polar surface area (TPSA) is 43.4 Å². The van der Waals surface area contributed by atoms with E-state index in [-0.39, 0.29) is 11.7 Å². The number of Topliss-reactive ketones (excluding diaryl/α,β-unsaturated/α-hetero) is 1. The average Bonchev–Trinajstić information content (AvgIpc) is 2.34. The highest BCUT2D eigenvalue weighted by molar-refractivity contribution is 6.34. The Morgan fingerprint density at radius 3 is 2.47 bits per heavy atom. The van der Waals surface area contributed by atoms with Crippen LogP contribution < -0.4 is 0 Å². The summed E-state index contributed by atoms with van der Waals surface area (Å²) >= 11 is 0. The lowest BCUT2D eigenvalue weighted by Gasteiger charge is -2.18. The molecule has 1 fully saturated rings. The van der Waals surface area contributed by atoms with E-state index < -0.39 is 5.97 Å². The molecule has 0 radical (unpaired) electrons. The summed E-state index contributed by atoms with van der Waals surface area (Å²) in [5, 5.41) is 0. The first-order chi connectivity index (χ1) is 8.11. The van der Waals surface area contributed by atoms with Gasteiger partial charge in [-0.2, -0.15) is 0 Å². The minimum absolute atomic E-state index is 0.102. The van der Waals surface area contributed by atoms with Crippen LogP contribution in [0.3, 0.4) is 0 Å². The van der Waals surface area contributed by atoms with Crippen LogP contribution in [0.2, 0.25) is 0 Å². The largest absolute Gasteiger partial charge is 0.429 e. The second-order valence-corrected chi connectivity index (χ2v) is 5.11. The van der Waals surface area contributed by atoms with E-state index in [4.69, 9.17) is 4.74 Å². The van der Waals surface area contributed by atoms with Gasteiger partial charge < -0.3 is 4.74 Å². The molecule has 1 aliphatic rings. The fourth-order valence-corrected chi connectivity index (χ4v) is 2.03. The van der Waals surface area contributed by atoms with Crippen LogP contribution in [-0.4, -0.2) is 11.8 Å². The van der Waals surface area contributed by atoms with Gasteiger partial charge in [0.05, 0.1) is 6.26 Å². The Morgan fingerprint density at radius 2 is 1.88 bits per heavy atom. The number of ketones is 1. The SMILES string of the molecule is CC(C)CC=COC(=O)C(=O)C1CCCCC1. The van der Waals surface area contributed by atoms with Gasteiger partial charge in [0.1, 0.15) is 0 Å². The number of hydrogen-bond acceptors (Lipinski definition) is 3. The van der Waals surface area contributed by atoms with E-state index in [1.807, 2.05) is 0 Å². The number of hydrogen-bond donors (Lipinski definition) is 0. The molecular weight excluding hydrogens is 216 g/mol. The van der Waals surface area contributed by atoms with Gasteiger partial charge in [0.15, 0.2) is 0 Å². The van der Waals surface area contributed by atoms with Crippen LogP contribution in [0.1, 0.15) is 52.4 Å².